The van der Waals surface area contributed by atoms with Crippen LogP contribution >= 0.6 is 0 Å². The average molecular weight is 377 g/mol. The van der Waals surface area contributed by atoms with Crippen LogP contribution in [0, 0.1) is 11.7 Å². The topological polar surface area (TPSA) is 64.1 Å². The lowest BCUT2D eigenvalue weighted by Crippen LogP contribution is -2.35. The Morgan fingerprint density at radius 2 is 1.85 bits per heavy atom. The van der Waals surface area contributed by atoms with Crippen molar-refractivity contribution in [1.82, 2.24) is 14.7 Å². The third-order valence-electron chi connectivity index (χ3n) is 5.74. The van der Waals surface area contributed by atoms with Gasteiger partial charge in [-0.1, -0.05) is 12.1 Å². The Morgan fingerprint density at radius 3 is 2.56 bits per heavy atom. The Hall–Kier alpha value is -1.99. The van der Waals surface area contributed by atoms with Crippen LogP contribution in [0.25, 0.3) is 0 Å². The van der Waals surface area contributed by atoms with Crippen molar-refractivity contribution in [2.75, 3.05) is 52.9 Å². The Balaban J connectivity index is 1.58. The first-order valence-corrected chi connectivity index (χ1v) is 9.61. The summed E-state index contributed by atoms with van der Waals surface area (Å²) in [4.78, 5) is 30.6. The van der Waals surface area contributed by atoms with E-state index in [9.17, 15) is 19.1 Å². The van der Waals surface area contributed by atoms with Crippen LogP contribution in [0.15, 0.2) is 24.3 Å². The van der Waals surface area contributed by atoms with Gasteiger partial charge in [-0.2, -0.15) is 0 Å². The number of likely N-dealkylation sites (N-methyl/N-ethyl adjacent to an activating group) is 1. The van der Waals surface area contributed by atoms with Gasteiger partial charge >= 0.3 is 5.97 Å². The summed E-state index contributed by atoms with van der Waals surface area (Å²) >= 11 is 0. The van der Waals surface area contributed by atoms with E-state index in [-0.39, 0.29) is 24.2 Å². The number of likely N-dealkylation sites (tertiary alicyclic amines) is 1. The molecule has 0 radical (unpaired) electrons. The Kier molecular flexibility index (Phi) is 6.44. The molecular weight excluding hydrogens is 349 g/mol. The predicted molar refractivity (Wildman–Crippen MR) is 100 cm³/mol. The largest absolute Gasteiger partial charge is 0.481 e. The molecule has 2 fully saturated rings. The van der Waals surface area contributed by atoms with Crippen LogP contribution in [0.3, 0.4) is 0 Å². The summed E-state index contributed by atoms with van der Waals surface area (Å²) in [6, 6.07) is 5.93. The normalized spacial score (nSPS) is 24.7. The summed E-state index contributed by atoms with van der Waals surface area (Å²) in [5.41, 5.74) is 0.773. The smallest absolute Gasteiger partial charge is 0.308 e. The van der Waals surface area contributed by atoms with Crippen molar-refractivity contribution in [3.05, 3.63) is 35.6 Å². The van der Waals surface area contributed by atoms with Crippen molar-refractivity contribution in [2.45, 2.75) is 18.8 Å². The molecule has 1 amide bonds. The maximum absolute atomic E-state index is 13.2. The van der Waals surface area contributed by atoms with Gasteiger partial charge in [0.15, 0.2) is 0 Å². The van der Waals surface area contributed by atoms with Gasteiger partial charge in [-0.3, -0.25) is 9.59 Å². The quantitative estimate of drug-likeness (QED) is 0.842. The Morgan fingerprint density at radius 1 is 1.11 bits per heavy atom. The number of hydrogen-bond donors (Lipinski definition) is 1. The molecule has 27 heavy (non-hydrogen) atoms. The SMILES string of the molecule is CN1CCCN(CCC(=O)N2C[C@@H](C(=O)O)[C@H](c3ccc(F)cc3)C2)CC1. The van der Waals surface area contributed by atoms with E-state index < -0.39 is 11.9 Å². The van der Waals surface area contributed by atoms with Gasteiger partial charge in [-0.15, -0.1) is 0 Å². The van der Waals surface area contributed by atoms with Gasteiger partial charge in [0, 0.05) is 45.1 Å². The molecule has 6 nitrogen and oxygen atoms in total. The van der Waals surface area contributed by atoms with Crippen molar-refractivity contribution in [3.63, 3.8) is 0 Å². The molecule has 0 saturated carbocycles. The molecule has 1 aromatic carbocycles. The van der Waals surface area contributed by atoms with E-state index in [0.717, 1.165) is 38.2 Å². The van der Waals surface area contributed by atoms with E-state index in [2.05, 4.69) is 16.8 Å². The highest BCUT2D eigenvalue weighted by Crippen LogP contribution is 2.33. The zero-order chi connectivity index (χ0) is 19.4. The molecule has 2 atom stereocenters. The number of benzene rings is 1. The fourth-order valence-corrected chi connectivity index (χ4v) is 4.04. The monoisotopic (exact) mass is 377 g/mol. The van der Waals surface area contributed by atoms with E-state index in [1.807, 2.05) is 0 Å². The summed E-state index contributed by atoms with van der Waals surface area (Å²) in [5, 5.41) is 9.56. The number of nitrogens with zero attached hydrogens (tertiary/aromatic N) is 3. The highest BCUT2D eigenvalue weighted by molar-refractivity contribution is 5.79. The number of aliphatic carboxylic acids is 1. The molecule has 0 spiro atoms. The van der Waals surface area contributed by atoms with Crippen LogP contribution in [0.4, 0.5) is 4.39 Å². The van der Waals surface area contributed by atoms with Crippen LogP contribution in [-0.2, 0) is 9.59 Å². The Labute approximate surface area is 159 Å². The lowest BCUT2D eigenvalue weighted by Gasteiger charge is -2.22. The van der Waals surface area contributed by atoms with E-state index in [0.29, 0.717) is 19.5 Å². The van der Waals surface area contributed by atoms with Crippen LogP contribution in [0.5, 0.6) is 0 Å². The number of carbonyl (C=O) groups excluding carboxylic acids is 1. The van der Waals surface area contributed by atoms with Crippen molar-refractivity contribution in [2.24, 2.45) is 5.92 Å². The Bertz CT molecular complexity index is 667. The van der Waals surface area contributed by atoms with E-state index in [1.165, 1.54) is 12.1 Å². The molecule has 0 aromatic heterocycles. The summed E-state index contributed by atoms with van der Waals surface area (Å²) in [7, 11) is 2.11. The fraction of sp³-hybridized carbons (Fsp3) is 0.600. The zero-order valence-electron chi connectivity index (χ0n) is 15.8. The maximum Gasteiger partial charge on any atom is 0.308 e. The van der Waals surface area contributed by atoms with E-state index >= 15 is 0 Å². The van der Waals surface area contributed by atoms with Gasteiger partial charge in [0.2, 0.25) is 5.91 Å². The van der Waals surface area contributed by atoms with Gasteiger partial charge in [-0.25, -0.2) is 4.39 Å². The number of carbonyl (C=O) groups is 2. The van der Waals surface area contributed by atoms with Crippen LogP contribution in [-0.4, -0.2) is 84.5 Å². The van der Waals surface area contributed by atoms with Gasteiger partial charge in [0.1, 0.15) is 5.82 Å². The highest BCUT2D eigenvalue weighted by Gasteiger charge is 2.40. The minimum Gasteiger partial charge on any atom is -0.481 e. The molecule has 0 unspecified atom stereocenters. The second-order valence-corrected chi connectivity index (χ2v) is 7.65. The van der Waals surface area contributed by atoms with Gasteiger partial charge in [-0.05, 0) is 44.3 Å². The van der Waals surface area contributed by atoms with Crippen molar-refractivity contribution >= 4 is 11.9 Å². The molecule has 148 valence electrons. The van der Waals surface area contributed by atoms with Crippen LogP contribution in [0.1, 0.15) is 24.3 Å². The molecule has 2 heterocycles. The standard InChI is InChI=1S/C20H28FN3O3/c1-22-8-2-9-23(12-11-22)10-7-19(25)24-13-17(18(14-24)20(26)27)15-3-5-16(21)6-4-15/h3-6,17-18H,2,7-14H2,1H3,(H,26,27)/t17-,18+/m0/s1. The van der Waals surface area contributed by atoms with Gasteiger partial charge in [0.25, 0.3) is 0 Å². The summed E-state index contributed by atoms with van der Waals surface area (Å²) in [6.07, 6.45) is 1.51. The summed E-state index contributed by atoms with van der Waals surface area (Å²) in [5.74, 6) is -2.19. The second kappa shape index (κ2) is 8.80. The average Bonchev–Trinajstić information content (AvgIpc) is 2.99. The highest BCUT2D eigenvalue weighted by atomic mass is 19.1. The third kappa shape index (κ3) is 5.05. The number of halogens is 1. The molecule has 0 bridgehead atoms. The summed E-state index contributed by atoms with van der Waals surface area (Å²) in [6.45, 7) is 5.35. The first-order chi connectivity index (χ1) is 12.9. The maximum atomic E-state index is 13.2. The predicted octanol–water partition coefficient (Wildman–Crippen LogP) is 1.48. The first kappa shape index (κ1) is 19.8. The van der Waals surface area contributed by atoms with E-state index in [4.69, 9.17) is 0 Å². The van der Waals surface area contributed by atoms with E-state index in [1.54, 1.807) is 17.0 Å². The third-order valence-corrected chi connectivity index (χ3v) is 5.74. The second-order valence-electron chi connectivity index (χ2n) is 7.65. The molecule has 2 aliphatic rings. The molecule has 2 aliphatic heterocycles. The molecular formula is C20H28FN3O3. The first-order valence-electron chi connectivity index (χ1n) is 9.61. The minimum absolute atomic E-state index is 0.00321. The number of carboxylic acid groups (broad SMARTS) is 1. The summed E-state index contributed by atoms with van der Waals surface area (Å²) < 4.78 is 13.2. The van der Waals surface area contributed by atoms with Crippen molar-refractivity contribution in [3.8, 4) is 0 Å². The van der Waals surface area contributed by atoms with Crippen molar-refractivity contribution < 1.29 is 19.1 Å². The van der Waals surface area contributed by atoms with Gasteiger partial charge in [0.05, 0.1) is 5.92 Å². The number of hydrogen-bond acceptors (Lipinski definition) is 4. The molecule has 3 rings (SSSR count). The molecule has 2 saturated heterocycles. The van der Waals surface area contributed by atoms with Crippen LogP contribution in [0.2, 0.25) is 0 Å². The fourth-order valence-electron chi connectivity index (χ4n) is 4.04. The lowest BCUT2D eigenvalue weighted by molar-refractivity contribution is -0.141. The molecule has 7 heteroatoms. The molecule has 1 N–H and O–H groups in total. The lowest BCUT2D eigenvalue weighted by atomic mass is 9.89. The number of carboxylic acids is 1. The van der Waals surface area contributed by atoms with Crippen LogP contribution < -0.4 is 0 Å². The molecule has 0 aliphatic carbocycles. The minimum atomic E-state index is -0.907. The van der Waals surface area contributed by atoms with Crippen molar-refractivity contribution in [1.29, 1.82) is 0 Å². The number of rotatable bonds is 5. The number of amides is 1. The van der Waals surface area contributed by atoms with Gasteiger partial charge < -0.3 is 19.8 Å². The molecule has 1 aromatic rings. The zero-order valence-corrected chi connectivity index (χ0v) is 15.8.